The standard InChI is InChI=1S/C14H16N2O4/c1-20-11(17)8-5-9-16-13(18)12(15-14(16)19)10-6-3-2-4-7-10/h2-4,6-7,12H,5,8-9H2,1H3,(H,15,19). The zero-order valence-corrected chi connectivity index (χ0v) is 11.2. The van der Waals surface area contributed by atoms with E-state index in [4.69, 9.17) is 0 Å². The first-order chi connectivity index (χ1) is 9.63. The molecular weight excluding hydrogens is 260 g/mol. The third-order valence-corrected chi connectivity index (χ3v) is 3.15. The molecule has 1 aliphatic rings. The second-order valence-electron chi connectivity index (χ2n) is 4.46. The zero-order chi connectivity index (χ0) is 14.5. The number of nitrogens with one attached hydrogen (secondary N) is 1. The van der Waals surface area contributed by atoms with Crippen molar-refractivity contribution >= 4 is 17.9 Å². The summed E-state index contributed by atoms with van der Waals surface area (Å²) in [7, 11) is 1.31. The molecule has 1 heterocycles. The van der Waals surface area contributed by atoms with E-state index in [1.54, 1.807) is 12.1 Å². The van der Waals surface area contributed by atoms with Crippen LogP contribution in [0.3, 0.4) is 0 Å². The molecule has 1 fully saturated rings. The number of hydrogen-bond acceptors (Lipinski definition) is 4. The lowest BCUT2D eigenvalue weighted by Crippen LogP contribution is -2.32. The highest BCUT2D eigenvalue weighted by Gasteiger charge is 2.38. The highest BCUT2D eigenvalue weighted by molar-refractivity contribution is 6.04. The van der Waals surface area contributed by atoms with Gasteiger partial charge in [0.2, 0.25) is 0 Å². The van der Waals surface area contributed by atoms with Gasteiger partial charge >= 0.3 is 12.0 Å². The van der Waals surface area contributed by atoms with Gasteiger partial charge < -0.3 is 10.1 Å². The summed E-state index contributed by atoms with van der Waals surface area (Å²) in [6, 6.07) is 8.00. The Morgan fingerprint density at radius 2 is 2.00 bits per heavy atom. The monoisotopic (exact) mass is 276 g/mol. The molecule has 3 amide bonds. The topological polar surface area (TPSA) is 75.7 Å². The minimum Gasteiger partial charge on any atom is -0.469 e. The molecule has 1 aromatic carbocycles. The summed E-state index contributed by atoms with van der Waals surface area (Å²) in [6.07, 6.45) is 0.580. The normalized spacial score (nSPS) is 18.1. The van der Waals surface area contributed by atoms with E-state index in [-0.39, 0.29) is 24.8 Å². The van der Waals surface area contributed by atoms with E-state index in [1.165, 1.54) is 7.11 Å². The molecule has 0 bridgehead atoms. The number of esters is 1. The molecule has 2 rings (SSSR count). The number of methoxy groups -OCH3 is 1. The number of hydrogen-bond donors (Lipinski definition) is 1. The summed E-state index contributed by atoms with van der Waals surface area (Å²) in [5, 5.41) is 2.64. The summed E-state index contributed by atoms with van der Waals surface area (Å²) < 4.78 is 4.52. The highest BCUT2D eigenvalue weighted by atomic mass is 16.5. The Labute approximate surface area is 116 Å². The van der Waals surface area contributed by atoms with Gasteiger partial charge in [0.05, 0.1) is 7.11 Å². The molecule has 1 aromatic rings. The van der Waals surface area contributed by atoms with E-state index in [9.17, 15) is 14.4 Å². The van der Waals surface area contributed by atoms with Crippen molar-refractivity contribution in [3.63, 3.8) is 0 Å². The third kappa shape index (κ3) is 2.96. The molecule has 1 saturated heterocycles. The van der Waals surface area contributed by atoms with E-state index in [2.05, 4.69) is 10.1 Å². The maximum atomic E-state index is 12.2. The molecular formula is C14H16N2O4. The molecule has 1 N–H and O–H groups in total. The number of imide groups is 1. The molecule has 0 spiro atoms. The van der Waals surface area contributed by atoms with Gasteiger partial charge in [-0.3, -0.25) is 14.5 Å². The second kappa shape index (κ2) is 6.18. The number of carbonyl (C=O) groups excluding carboxylic acids is 3. The number of ether oxygens (including phenoxy) is 1. The lowest BCUT2D eigenvalue weighted by molar-refractivity contribution is -0.141. The van der Waals surface area contributed by atoms with Crippen molar-refractivity contribution in [2.45, 2.75) is 18.9 Å². The fourth-order valence-electron chi connectivity index (χ4n) is 2.09. The molecule has 1 aliphatic heterocycles. The first-order valence-electron chi connectivity index (χ1n) is 6.37. The predicted molar refractivity (Wildman–Crippen MR) is 70.7 cm³/mol. The van der Waals surface area contributed by atoms with Gasteiger partial charge in [-0.15, -0.1) is 0 Å². The van der Waals surface area contributed by atoms with Gasteiger partial charge in [-0.25, -0.2) is 4.79 Å². The largest absolute Gasteiger partial charge is 0.469 e. The molecule has 0 radical (unpaired) electrons. The SMILES string of the molecule is COC(=O)CCCN1C(=O)NC(c2ccccc2)C1=O. The van der Waals surface area contributed by atoms with Gasteiger partial charge in [-0.1, -0.05) is 30.3 Å². The Morgan fingerprint density at radius 3 is 2.65 bits per heavy atom. The maximum absolute atomic E-state index is 12.2. The van der Waals surface area contributed by atoms with Crippen LogP contribution in [0.4, 0.5) is 4.79 Å². The van der Waals surface area contributed by atoms with Crippen molar-refractivity contribution in [1.29, 1.82) is 0 Å². The van der Waals surface area contributed by atoms with Crippen molar-refractivity contribution in [3.8, 4) is 0 Å². The van der Waals surface area contributed by atoms with Gasteiger partial charge in [0, 0.05) is 13.0 Å². The van der Waals surface area contributed by atoms with Crippen LogP contribution >= 0.6 is 0 Å². The summed E-state index contributed by atoms with van der Waals surface area (Å²) in [4.78, 5) is 36.1. The van der Waals surface area contributed by atoms with Crippen LogP contribution in [0.2, 0.25) is 0 Å². The number of rotatable bonds is 5. The molecule has 6 heteroatoms. The van der Waals surface area contributed by atoms with Crippen molar-refractivity contribution in [3.05, 3.63) is 35.9 Å². The fourth-order valence-corrected chi connectivity index (χ4v) is 2.09. The molecule has 1 atom stereocenters. The van der Waals surface area contributed by atoms with Gasteiger partial charge in [-0.05, 0) is 12.0 Å². The van der Waals surface area contributed by atoms with Crippen LogP contribution in [-0.2, 0) is 14.3 Å². The number of carbonyl (C=O) groups is 3. The Bertz CT molecular complexity index is 515. The van der Waals surface area contributed by atoms with E-state index in [1.807, 2.05) is 18.2 Å². The Kier molecular flexibility index (Phi) is 4.34. The summed E-state index contributed by atoms with van der Waals surface area (Å²) in [5.41, 5.74) is 0.751. The molecule has 0 saturated carbocycles. The van der Waals surface area contributed by atoms with Crippen LogP contribution in [-0.4, -0.2) is 36.5 Å². The quantitative estimate of drug-likeness (QED) is 0.648. The minimum atomic E-state index is -0.637. The molecule has 0 aromatic heterocycles. The number of urea groups is 1. The summed E-state index contributed by atoms with van der Waals surface area (Å²) >= 11 is 0. The lowest BCUT2D eigenvalue weighted by atomic mass is 10.1. The van der Waals surface area contributed by atoms with E-state index in [0.717, 1.165) is 10.5 Å². The molecule has 6 nitrogen and oxygen atoms in total. The highest BCUT2D eigenvalue weighted by Crippen LogP contribution is 2.21. The van der Waals surface area contributed by atoms with Crippen molar-refractivity contribution in [1.82, 2.24) is 10.2 Å². The second-order valence-corrected chi connectivity index (χ2v) is 4.46. The Hall–Kier alpha value is -2.37. The van der Waals surface area contributed by atoms with Crippen LogP contribution in [0.5, 0.6) is 0 Å². The van der Waals surface area contributed by atoms with Crippen molar-refractivity contribution in [2.75, 3.05) is 13.7 Å². The van der Waals surface area contributed by atoms with E-state index < -0.39 is 12.1 Å². The Balaban J connectivity index is 1.97. The average molecular weight is 276 g/mol. The lowest BCUT2D eigenvalue weighted by Gasteiger charge is -2.12. The Morgan fingerprint density at radius 1 is 1.30 bits per heavy atom. The van der Waals surface area contributed by atoms with Gasteiger partial charge in [-0.2, -0.15) is 0 Å². The van der Waals surface area contributed by atoms with Crippen LogP contribution < -0.4 is 5.32 Å². The third-order valence-electron chi connectivity index (χ3n) is 3.15. The van der Waals surface area contributed by atoms with Gasteiger partial charge in [0.1, 0.15) is 6.04 Å². The number of benzene rings is 1. The fraction of sp³-hybridized carbons (Fsp3) is 0.357. The van der Waals surface area contributed by atoms with E-state index >= 15 is 0 Å². The summed E-state index contributed by atoms with van der Waals surface area (Å²) in [5.74, 6) is -0.636. The van der Waals surface area contributed by atoms with Crippen LogP contribution in [0, 0.1) is 0 Å². The van der Waals surface area contributed by atoms with Crippen LogP contribution in [0.25, 0.3) is 0 Å². The van der Waals surface area contributed by atoms with Crippen LogP contribution in [0.1, 0.15) is 24.4 Å². The number of nitrogens with zero attached hydrogens (tertiary/aromatic N) is 1. The van der Waals surface area contributed by atoms with Crippen molar-refractivity contribution in [2.24, 2.45) is 0 Å². The minimum absolute atomic E-state index is 0.184. The average Bonchev–Trinajstić information content (AvgIpc) is 2.75. The summed E-state index contributed by atoms with van der Waals surface area (Å²) in [6.45, 7) is 0.211. The number of amides is 3. The maximum Gasteiger partial charge on any atom is 0.325 e. The van der Waals surface area contributed by atoms with Crippen LogP contribution in [0.15, 0.2) is 30.3 Å². The molecule has 0 aliphatic carbocycles. The predicted octanol–water partition coefficient (Wildman–Crippen LogP) is 1.23. The molecule has 106 valence electrons. The van der Waals surface area contributed by atoms with Gasteiger partial charge in [0.15, 0.2) is 0 Å². The van der Waals surface area contributed by atoms with E-state index in [0.29, 0.717) is 6.42 Å². The zero-order valence-electron chi connectivity index (χ0n) is 11.2. The van der Waals surface area contributed by atoms with Gasteiger partial charge in [0.25, 0.3) is 5.91 Å². The molecule has 1 unspecified atom stereocenters. The first kappa shape index (κ1) is 14.0. The smallest absolute Gasteiger partial charge is 0.325 e. The first-order valence-corrected chi connectivity index (χ1v) is 6.37. The van der Waals surface area contributed by atoms with Crippen molar-refractivity contribution < 1.29 is 19.1 Å². The molecule has 20 heavy (non-hydrogen) atoms.